The van der Waals surface area contributed by atoms with Crippen LogP contribution >= 0.6 is 0 Å². The van der Waals surface area contributed by atoms with Crippen molar-refractivity contribution in [3.05, 3.63) is 53.9 Å². The maximum absolute atomic E-state index is 13.1. The van der Waals surface area contributed by atoms with E-state index in [9.17, 15) is 27.6 Å². The van der Waals surface area contributed by atoms with Crippen LogP contribution in [0, 0.1) is 0 Å². The molecule has 1 aliphatic heterocycles. The van der Waals surface area contributed by atoms with Crippen molar-refractivity contribution in [2.24, 2.45) is 0 Å². The number of hydrogen-bond acceptors (Lipinski definition) is 5. The van der Waals surface area contributed by atoms with Crippen LogP contribution in [0.5, 0.6) is 5.75 Å². The van der Waals surface area contributed by atoms with E-state index in [1.165, 1.54) is 36.5 Å². The lowest BCUT2D eigenvalue weighted by molar-refractivity contribution is -0.274. The molecule has 0 unspecified atom stereocenters. The van der Waals surface area contributed by atoms with Crippen molar-refractivity contribution < 1.29 is 32.3 Å². The Balaban J connectivity index is 1.90. The number of hydrogen-bond donors (Lipinski definition) is 1. The Labute approximate surface area is 175 Å². The number of carbonyl (C=O) groups excluding carboxylic acids is 3. The number of pyridine rings is 1. The second-order valence-corrected chi connectivity index (χ2v) is 7.22. The van der Waals surface area contributed by atoms with Gasteiger partial charge < -0.3 is 15.0 Å². The minimum atomic E-state index is -4.85. The molecule has 1 aromatic heterocycles. The van der Waals surface area contributed by atoms with E-state index in [1.807, 2.05) is 0 Å². The van der Waals surface area contributed by atoms with Crippen molar-refractivity contribution in [2.75, 3.05) is 11.9 Å². The predicted octanol–water partition coefficient (Wildman–Crippen LogP) is 3.09. The van der Waals surface area contributed by atoms with Crippen molar-refractivity contribution in [1.29, 1.82) is 0 Å². The number of imide groups is 1. The van der Waals surface area contributed by atoms with Gasteiger partial charge in [0.15, 0.2) is 0 Å². The minimum Gasteiger partial charge on any atom is -0.406 e. The Morgan fingerprint density at radius 2 is 1.81 bits per heavy atom. The van der Waals surface area contributed by atoms with Gasteiger partial charge in [0.2, 0.25) is 0 Å². The maximum Gasteiger partial charge on any atom is 0.573 e. The molecule has 1 aliphatic rings. The van der Waals surface area contributed by atoms with Crippen LogP contribution in [0.15, 0.2) is 42.7 Å². The first-order valence-electron chi connectivity index (χ1n) is 9.12. The van der Waals surface area contributed by atoms with E-state index in [0.29, 0.717) is 5.56 Å². The monoisotopic (exact) mass is 436 g/mol. The van der Waals surface area contributed by atoms with Gasteiger partial charge in [0.1, 0.15) is 11.3 Å². The zero-order valence-electron chi connectivity index (χ0n) is 16.9. The van der Waals surface area contributed by atoms with Gasteiger partial charge in [-0.25, -0.2) is 9.69 Å². The average molecular weight is 436 g/mol. The molecule has 11 heteroatoms. The summed E-state index contributed by atoms with van der Waals surface area (Å²) in [6.07, 6.45) is -2.03. The fourth-order valence-corrected chi connectivity index (χ4v) is 3.20. The molecule has 2 heterocycles. The molecule has 1 aromatic carbocycles. The normalized spacial score (nSPS) is 15.9. The smallest absolute Gasteiger partial charge is 0.406 e. The van der Waals surface area contributed by atoms with Gasteiger partial charge in [0, 0.05) is 26.0 Å². The molecular weight excluding hydrogens is 417 g/mol. The molecular formula is C20H19F3N4O4. The van der Waals surface area contributed by atoms with E-state index in [-0.39, 0.29) is 17.8 Å². The maximum atomic E-state index is 13.1. The summed E-state index contributed by atoms with van der Waals surface area (Å²) in [6, 6.07) is 5.33. The molecule has 4 amide bonds. The second kappa shape index (κ2) is 7.89. The number of aromatic nitrogens is 1. The van der Waals surface area contributed by atoms with Crippen molar-refractivity contribution in [3.8, 4) is 5.75 Å². The first-order chi connectivity index (χ1) is 14.5. The fraction of sp³-hybridized carbons (Fsp3) is 0.300. The van der Waals surface area contributed by atoms with Gasteiger partial charge in [-0.2, -0.15) is 0 Å². The van der Waals surface area contributed by atoms with E-state index in [4.69, 9.17) is 0 Å². The van der Waals surface area contributed by atoms with Crippen LogP contribution in [0.2, 0.25) is 0 Å². The van der Waals surface area contributed by atoms with Gasteiger partial charge in [0.05, 0.1) is 11.3 Å². The lowest BCUT2D eigenvalue weighted by Crippen LogP contribution is -2.44. The highest BCUT2D eigenvalue weighted by atomic mass is 19.4. The summed E-state index contributed by atoms with van der Waals surface area (Å²) in [5, 5.41) is 2.49. The molecule has 1 N–H and O–H groups in total. The summed E-state index contributed by atoms with van der Waals surface area (Å²) in [5.74, 6) is -1.42. The van der Waals surface area contributed by atoms with Crippen LogP contribution in [-0.2, 0) is 11.3 Å². The standard InChI is InChI=1S/C20H19F3N4O4/c1-19(2)17(29)27(13-4-6-14(7-5-13)31-20(21,22)23)18(30)26(19)11-12-8-9-25-10-15(12)16(28)24-3/h4-10H,11H2,1-3H3,(H,24,28). The summed E-state index contributed by atoms with van der Waals surface area (Å²) in [7, 11) is 1.46. The summed E-state index contributed by atoms with van der Waals surface area (Å²) < 4.78 is 40.9. The highest BCUT2D eigenvalue weighted by Crippen LogP contribution is 2.34. The molecule has 8 nitrogen and oxygen atoms in total. The molecule has 0 aliphatic carbocycles. The Kier molecular flexibility index (Phi) is 5.62. The third-order valence-electron chi connectivity index (χ3n) is 4.86. The first kappa shape index (κ1) is 22.1. The number of amides is 4. The molecule has 0 spiro atoms. The lowest BCUT2D eigenvalue weighted by atomic mass is 10.0. The molecule has 0 atom stereocenters. The summed E-state index contributed by atoms with van der Waals surface area (Å²) in [5.41, 5.74) is -0.421. The third-order valence-corrected chi connectivity index (χ3v) is 4.86. The van der Waals surface area contributed by atoms with Crippen LogP contribution in [0.4, 0.5) is 23.7 Å². The largest absolute Gasteiger partial charge is 0.573 e. The SMILES string of the molecule is CNC(=O)c1cnccc1CN1C(=O)N(c2ccc(OC(F)(F)F)cc2)C(=O)C1(C)C. The molecule has 1 saturated heterocycles. The summed E-state index contributed by atoms with van der Waals surface area (Å²) in [6.45, 7) is 3.05. The van der Waals surface area contributed by atoms with Crippen LogP contribution in [0.1, 0.15) is 29.8 Å². The van der Waals surface area contributed by atoms with Crippen LogP contribution < -0.4 is 15.0 Å². The van der Waals surface area contributed by atoms with E-state index in [0.717, 1.165) is 17.0 Å². The Morgan fingerprint density at radius 3 is 2.39 bits per heavy atom. The molecule has 0 saturated carbocycles. The van der Waals surface area contributed by atoms with Gasteiger partial charge in [-0.3, -0.25) is 14.6 Å². The predicted molar refractivity (Wildman–Crippen MR) is 103 cm³/mol. The van der Waals surface area contributed by atoms with Gasteiger partial charge in [0.25, 0.3) is 11.8 Å². The molecule has 1 fully saturated rings. The number of alkyl halides is 3. The Bertz CT molecular complexity index is 1020. The molecule has 3 rings (SSSR count). The lowest BCUT2D eigenvalue weighted by Gasteiger charge is -2.28. The van der Waals surface area contributed by atoms with Crippen molar-refractivity contribution in [3.63, 3.8) is 0 Å². The van der Waals surface area contributed by atoms with Gasteiger partial charge in [-0.1, -0.05) is 0 Å². The molecule has 0 bridgehead atoms. The molecule has 0 radical (unpaired) electrons. The highest BCUT2D eigenvalue weighted by molar-refractivity contribution is 6.23. The zero-order chi connectivity index (χ0) is 23.0. The quantitative estimate of drug-likeness (QED) is 0.728. The highest BCUT2D eigenvalue weighted by Gasteiger charge is 2.52. The van der Waals surface area contributed by atoms with Crippen LogP contribution in [-0.4, -0.2) is 46.7 Å². The van der Waals surface area contributed by atoms with Crippen molar-refractivity contribution in [2.45, 2.75) is 32.3 Å². The number of rotatable bonds is 5. The number of benzene rings is 1. The van der Waals surface area contributed by atoms with Crippen LogP contribution in [0.3, 0.4) is 0 Å². The Hall–Kier alpha value is -3.63. The van der Waals surface area contributed by atoms with Crippen molar-refractivity contribution in [1.82, 2.24) is 15.2 Å². The van der Waals surface area contributed by atoms with Gasteiger partial charge >= 0.3 is 12.4 Å². The number of ether oxygens (including phenoxy) is 1. The molecule has 2 aromatic rings. The summed E-state index contributed by atoms with van der Waals surface area (Å²) >= 11 is 0. The minimum absolute atomic E-state index is 0.0470. The number of anilines is 1. The number of carbonyl (C=O) groups is 3. The zero-order valence-corrected chi connectivity index (χ0v) is 16.9. The fourth-order valence-electron chi connectivity index (χ4n) is 3.20. The first-order valence-corrected chi connectivity index (χ1v) is 9.12. The topological polar surface area (TPSA) is 91.8 Å². The number of nitrogens with one attached hydrogen (secondary N) is 1. The average Bonchev–Trinajstić information content (AvgIpc) is 2.87. The second-order valence-electron chi connectivity index (χ2n) is 7.22. The van der Waals surface area contributed by atoms with E-state index < -0.39 is 35.5 Å². The van der Waals surface area contributed by atoms with E-state index >= 15 is 0 Å². The number of nitrogens with zero attached hydrogens (tertiary/aromatic N) is 3. The van der Waals surface area contributed by atoms with Gasteiger partial charge in [-0.15, -0.1) is 13.2 Å². The number of urea groups is 1. The van der Waals surface area contributed by atoms with Crippen LogP contribution in [0.25, 0.3) is 0 Å². The van der Waals surface area contributed by atoms with E-state index in [1.54, 1.807) is 19.9 Å². The third kappa shape index (κ3) is 4.30. The molecule has 164 valence electrons. The van der Waals surface area contributed by atoms with Crippen molar-refractivity contribution >= 4 is 23.5 Å². The van der Waals surface area contributed by atoms with E-state index in [2.05, 4.69) is 15.0 Å². The Morgan fingerprint density at radius 1 is 1.16 bits per heavy atom. The van der Waals surface area contributed by atoms with Gasteiger partial charge in [-0.05, 0) is 49.7 Å². The number of halogens is 3. The summed E-state index contributed by atoms with van der Waals surface area (Å²) in [4.78, 5) is 44.3. The molecule has 31 heavy (non-hydrogen) atoms.